The van der Waals surface area contributed by atoms with Crippen molar-refractivity contribution in [1.29, 1.82) is 0 Å². The molecule has 0 fully saturated rings. The molecule has 0 aliphatic carbocycles. The van der Waals surface area contributed by atoms with E-state index < -0.39 is 33.5 Å². The summed E-state index contributed by atoms with van der Waals surface area (Å²) in [7, 11) is -8.32. The largest absolute Gasteiger partial charge is 0.454 e. The zero-order chi connectivity index (χ0) is 23.8. The number of nitrogens with one attached hydrogen (secondary N) is 1. The lowest BCUT2D eigenvalue weighted by Gasteiger charge is -2.41. The molecular formula is C19H49NO6Si4. The molecule has 0 spiro atoms. The Morgan fingerprint density at radius 3 is 1.87 bits per heavy atom. The van der Waals surface area contributed by atoms with Gasteiger partial charge in [0, 0.05) is 6.61 Å². The summed E-state index contributed by atoms with van der Waals surface area (Å²) in [6.07, 6.45) is 0. The van der Waals surface area contributed by atoms with Gasteiger partial charge in [0.2, 0.25) is 8.32 Å². The number of hydrogen-bond acceptors (Lipinski definition) is 7. The highest BCUT2D eigenvalue weighted by Gasteiger charge is 2.41. The molecular weight excluding hydrogens is 451 g/mol. The molecule has 182 valence electrons. The Balaban J connectivity index is 4.56. The summed E-state index contributed by atoms with van der Waals surface area (Å²) in [5.41, 5.74) is 2.80. The van der Waals surface area contributed by atoms with E-state index >= 15 is 0 Å². The number of rotatable bonds is 16. The van der Waals surface area contributed by atoms with E-state index in [9.17, 15) is 9.90 Å². The molecule has 0 amide bonds. The second kappa shape index (κ2) is 12.7. The van der Waals surface area contributed by atoms with E-state index in [0.29, 0.717) is 12.5 Å². The first-order chi connectivity index (χ1) is 13.4. The van der Waals surface area contributed by atoms with E-state index in [4.69, 9.17) is 17.8 Å². The maximum absolute atomic E-state index is 9.63. The van der Waals surface area contributed by atoms with Gasteiger partial charge in [-0.3, -0.25) is 0 Å². The first-order valence-electron chi connectivity index (χ1n) is 11.1. The summed E-state index contributed by atoms with van der Waals surface area (Å²) in [6, 6.07) is 1.97. The number of aliphatic hydroxyl groups excluding tert-OH is 1. The normalized spacial score (nSPS) is 17.1. The van der Waals surface area contributed by atoms with Gasteiger partial charge in [-0.05, 0) is 83.2 Å². The van der Waals surface area contributed by atoms with Crippen LogP contribution in [-0.4, -0.2) is 69.1 Å². The summed E-state index contributed by atoms with van der Waals surface area (Å²) >= 11 is 0. The molecule has 3 unspecified atom stereocenters. The Hall–Kier alpha value is 0.588. The van der Waals surface area contributed by atoms with Crippen LogP contribution >= 0.6 is 0 Å². The van der Waals surface area contributed by atoms with E-state index in [2.05, 4.69) is 65.5 Å². The molecule has 0 rings (SSSR count). The summed E-state index contributed by atoms with van der Waals surface area (Å²) in [4.78, 5) is 9.63. The van der Waals surface area contributed by atoms with Crippen LogP contribution in [0.2, 0.25) is 64.5 Å². The maximum Gasteiger partial charge on any atom is 0.349 e. The van der Waals surface area contributed by atoms with Gasteiger partial charge < -0.3 is 27.7 Å². The standard InChI is InChI=1S/C19H49NO6Si4/c1-17(12-21)14-28(6,7)26-29(8,9)19(3)24-27(4,5)15-18(2)13-23-16-20-25-30(10,11)22/h17-22H,12-16H2,1-11H3. The van der Waals surface area contributed by atoms with Crippen molar-refractivity contribution in [3.63, 3.8) is 0 Å². The number of aliphatic hydroxyl groups is 1. The molecule has 0 aromatic carbocycles. The summed E-state index contributed by atoms with van der Waals surface area (Å²) in [6.45, 7) is 24.5. The van der Waals surface area contributed by atoms with Crippen LogP contribution in [-0.2, 0) is 17.8 Å². The van der Waals surface area contributed by atoms with Crippen molar-refractivity contribution < 1.29 is 27.7 Å². The van der Waals surface area contributed by atoms with Crippen LogP contribution < -0.4 is 5.48 Å². The van der Waals surface area contributed by atoms with Gasteiger partial charge >= 0.3 is 8.56 Å². The lowest BCUT2D eigenvalue weighted by atomic mass is 10.2. The fraction of sp³-hybridized carbons (Fsp3) is 1.00. The first kappa shape index (κ1) is 30.6. The molecule has 0 aromatic rings. The second-order valence-corrected chi connectivity index (χ2v) is 27.0. The van der Waals surface area contributed by atoms with Crippen molar-refractivity contribution in [1.82, 2.24) is 5.48 Å². The Morgan fingerprint density at radius 1 is 0.833 bits per heavy atom. The van der Waals surface area contributed by atoms with Gasteiger partial charge in [0.1, 0.15) is 6.73 Å². The van der Waals surface area contributed by atoms with Gasteiger partial charge in [-0.25, -0.2) is 0 Å². The lowest BCUT2D eigenvalue weighted by molar-refractivity contribution is 0.0116. The van der Waals surface area contributed by atoms with Crippen LogP contribution in [0.4, 0.5) is 0 Å². The van der Waals surface area contributed by atoms with Crippen molar-refractivity contribution in [2.45, 2.75) is 91.0 Å². The van der Waals surface area contributed by atoms with Gasteiger partial charge in [-0.2, -0.15) is 5.48 Å². The molecule has 11 heteroatoms. The molecule has 30 heavy (non-hydrogen) atoms. The predicted octanol–water partition coefficient (Wildman–Crippen LogP) is 4.02. The molecule has 0 heterocycles. The van der Waals surface area contributed by atoms with Gasteiger partial charge in [0.15, 0.2) is 16.6 Å². The van der Waals surface area contributed by atoms with Gasteiger partial charge in [-0.15, -0.1) is 0 Å². The molecule has 0 aromatic heterocycles. The zero-order valence-electron chi connectivity index (χ0n) is 21.3. The van der Waals surface area contributed by atoms with Crippen molar-refractivity contribution in [3.8, 4) is 0 Å². The highest BCUT2D eigenvalue weighted by molar-refractivity contribution is 6.86. The van der Waals surface area contributed by atoms with Crippen molar-refractivity contribution in [2.24, 2.45) is 11.8 Å². The van der Waals surface area contributed by atoms with E-state index in [0.717, 1.165) is 12.1 Å². The van der Waals surface area contributed by atoms with Crippen molar-refractivity contribution in [3.05, 3.63) is 0 Å². The molecule has 0 radical (unpaired) electrons. The quantitative estimate of drug-likeness (QED) is 0.128. The first-order valence-corrected chi connectivity index (χ1v) is 23.2. The highest BCUT2D eigenvalue weighted by Crippen LogP contribution is 2.28. The fourth-order valence-corrected chi connectivity index (χ4v) is 17.7. The van der Waals surface area contributed by atoms with Gasteiger partial charge in [-0.1, -0.05) is 13.8 Å². The third-order valence-corrected chi connectivity index (χ3v) is 16.5. The third-order valence-electron chi connectivity index (χ3n) is 4.89. The summed E-state index contributed by atoms with van der Waals surface area (Å²) in [5, 5.41) is 9.40. The Bertz CT molecular complexity index is 488. The van der Waals surface area contributed by atoms with E-state index in [-0.39, 0.29) is 25.0 Å². The Labute approximate surface area is 189 Å². The minimum absolute atomic E-state index is 0.121. The summed E-state index contributed by atoms with van der Waals surface area (Å²) in [5.74, 6) is 0.659. The highest BCUT2D eigenvalue weighted by atomic mass is 28.4. The van der Waals surface area contributed by atoms with Gasteiger partial charge in [0.25, 0.3) is 0 Å². The van der Waals surface area contributed by atoms with E-state index in [1.807, 2.05) is 0 Å². The smallest absolute Gasteiger partial charge is 0.349 e. The monoisotopic (exact) mass is 499 g/mol. The van der Waals surface area contributed by atoms with Gasteiger partial charge in [0.05, 0.1) is 12.3 Å². The average Bonchev–Trinajstić information content (AvgIpc) is 2.50. The molecule has 3 atom stereocenters. The minimum Gasteiger partial charge on any atom is -0.454 e. The molecule has 0 aliphatic rings. The van der Waals surface area contributed by atoms with Crippen LogP contribution in [0.5, 0.6) is 0 Å². The molecule has 0 saturated heterocycles. The van der Waals surface area contributed by atoms with E-state index in [1.165, 1.54) is 0 Å². The zero-order valence-corrected chi connectivity index (χ0v) is 25.3. The predicted molar refractivity (Wildman–Crippen MR) is 134 cm³/mol. The number of hydroxylamine groups is 1. The average molecular weight is 500 g/mol. The Morgan fingerprint density at radius 2 is 1.37 bits per heavy atom. The van der Waals surface area contributed by atoms with Crippen LogP contribution in [0.25, 0.3) is 0 Å². The number of ether oxygens (including phenoxy) is 1. The number of hydrogen-bond donors (Lipinski definition) is 3. The van der Waals surface area contributed by atoms with Crippen molar-refractivity contribution >= 4 is 33.5 Å². The molecule has 0 aliphatic heterocycles. The van der Waals surface area contributed by atoms with Crippen molar-refractivity contribution in [2.75, 3.05) is 19.9 Å². The minimum atomic E-state index is -2.56. The topological polar surface area (TPSA) is 89.4 Å². The second-order valence-electron chi connectivity index (χ2n) is 11.0. The maximum atomic E-state index is 9.63. The molecule has 3 N–H and O–H groups in total. The van der Waals surface area contributed by atoms with Crippen LogP contribution in [0.1, 0.15) is 20.8 Å². The molecule has 0 bridgehead atoms. The Kier molecular flexibility index (Phi) is 13.0. The fourth-order valence-electron chi connectivity index (χ4n) is 3.82. The van der Waals surface area contributed by atoms with Crippen LogP contribution in [0, 0.1) is 11.8 Å². The molecule has 7 nitrogen and oxygen atoms in total. The van der Waals surface area contributed by atoms with Crippen LogP contribution in [0.3, 0.4) is 0 Å². The van der Waals surface area contributed by atoms with E-state index in [1.54, 1.807) is 13.1 Å². The van der Waals surface area contributed by atoms with Crippen LogP contribution in [0.15, 0.2) is 0 Å². The molecule has 0 saturated carbocycles. The lowest BCUT2D eigenvalue weighted by Crippen LogP contribution is -2.55. The SMILES string of the molecule is CC(COCNO[Si](C)(C)O)C[Si](C)(C)OC(C)[Si](C)(C)O[Si](C)(C)CC(C)CO. The summed E-state index contributed by atoms with van der Waals surface area (Å²) < 4.78 is 24.2. The third kappa shape index (κ3) is 14.6.